The first-order valence-corrected chi connectivity index (χ1v) is 6.55. The molecule has 0 saturated heterocycles. The fourth-order valence-corrected chi connectivity index (χ4v) is 1.62. The molecule has 84 valence electrons. The van der Waals surface area contributed by atoms with Crippen LogP contribution in [-0.4, -0.2) is 26.3 Å². The summed E-state index contributed by atoms with van der Waals surface area (Å²) in [6, 6.07) is 3.91. The zero-order chi connectivity index (χ0) is 11.3. The third-order valence-electron chi connectivity index (χ3n) is 1.85. The molecule has 1 rings (SSSR count). The molecular formula is C10H15NO3S. The Labute approximate surface area is 90.4 Å². The molecule has 1 aromatic rings. The number of rotatable bonds is 5. The predicted molar refractivity (Wildman–Crippen MR) is 58.1 cm³/mol. The van der Waals surface area contributed by atoms with E-state index in [9.17, 15) is 8.42 Å². The van der Waals surface area contributed by atoms with E-state index in [4.69, 9.17) is 0 Å². The van der Waals surface area contributed by atoms with Crippen molar-refractivity contribution in [2.24, 2.45) is 0 Å². The minimum absolute atomic E-state index is 0.217. The van der Waals surface area contributed by atoms with Crippen LogP contribution in [0.15, 0.2) is 18.3 Å². The van der Waals surface area contributed by atoms with Crippen molar-refractivity contribution < 1.29 is 12.6 Å². The van der Waals surface area contributed by atoms with Gasteiger partial charge in [0.05, 0.1) is 12.9 Å². The molecule has 1 aromatic heterocycles. The molecule has 1 heterocycles. The average molecular weight is 229 g/mol. The van der Waals surface area contributed by atoms with Gasteiger partial charge in [0.15, 0.2) is 0 Å². The number of pyridine rings is 1. The zero-order valence-corrected chi connectivity index (χ0v) is 9.75. The molecule has 0 spiro atoms. The van der Waals surface area contributed by atoms with Crippen molar-refractivity contribution in [1.82, 2.24) is 4.98 Å². The van der Waals surface area contributed by atoms with E-state index in [-0.39, 0.29) is 6.61 Å². The summed E-state index contributed by atoms with van der Waals surface area (Å²) < 4.78 is 25.9. The van der Waals surface area contributed by atoms with Crippen molar-refractivity contribution in [2.75, 3.05) is 12.9 Å². The summed E-state index contributed by atoms with van der Waals surface area (Å²) >= 11 is 0. The molecule has 0 aromatic carbocycles. The number of aryl methyl sites for hydroxylation is 2. The molecule has 15 heavy (non-hydrogen) atoms. The second-order valence-electron chi connectivity index (χ2n) is 3.45. The van der Waals surface area contributed by atoms with Gasteiger partial charge in [-0.05, 0) is 37.5 Å². The van der Waals surface area contributed by atoms with Crippen LogP contribution in [0.4, 0.5) is 0 Å². The second-order valence-corrected chi connectivity index (χ2v) is 5.10. The van der Waals surface area contributed by atoms with Crippen LogP contribution in [0, 0.1) is 6.92 Å². The number of hydrogen-bond acceptors (Lipinski definition) is 4. The van der Waals surface area contributed by atoms with Crippen LogP contribution in [-0.2, 0) is 20.7 Å². The summed E-state index contributed by atoms with van der Waals surface area (Å²) in [6.45, 7) is 2.21. The molecule has 0 aliphatic carbocycles. The number of nitrogens with zero attached hydrogens (tertiary/aromatic N) is 1. The highest BCUT2D eigenvalue weighted by Gasteiger charge is 2.01. The minimum atomic E-state index is -3.31. The fraction of sp³-hybridized carbons (Fsp3) is 0.500. The highest BCUT2D eigenvalue weighted by molar-refractivity contribution is 7.85. The van der Waals surface area contributed by atoms with Crippen LogP contribution in [0.25, 0.3) is 0 Å². The van der Waals surface area contributed by atoms with Gasteiger partial charge in [-0.25, -0.2) is 0 Å². The maximum Gasteiger partial charge on any atom is 0.264 e. The Morgan fingerprint density at radius 1 is 1.47 bits per heavy atom. The van der Waals surface area contributed by atoms with Crippen molar-refractivity contribution >= 4 is 10.1 Å². The van der Waals surface area contributed by atoms with Crippen molar-refractivity contribution in [3.63, 3.8) is 0 Å². The van der Waals surface area contributed by atoms with Crippen LogP contribution in [0.5, 0.6) is 0 Å². The van der Waals surface area contributed by atoms with Gasteiger partial charge < -0.3 is 0 Å². The predicted octanol–water partition coefficient (Wildman–Crippen LogP) is 1.30. The molecule has 0 bridgehead atoms. The van der Waals surface area contributed by atoms with Gasteiger partial charge in [-0.1, -0.05) is 0 Å². The summed E-state index contributed by atoms with van der Waals surface area (Å²) in [5.41, 5.74) is 2.12. The summed E-state index contributed by atoms with van der Waals surface area (Å²) in [4.78, 5) is 4.17. The zero-order valence-electron chi connectivity index (χ0n) is 8.93. The Bertz CT molecular complexity index is 414. The SMILES string of the molecule is Cc1ccnc(CCCOS(C)(=O)=O)c1. The Balaban J connectivity index is 2.32. The molecular weight excluding hydrogens is 214 g/mol. The fourth-order valence-electron chi connectivity index (χ4n) is 1.20. The Hall–Kier alpha value is -0.940. The molecule has 0 aliphatic rings. The lowest BCUT2D eigenvalue weighted by molar-refractivity contribution is 0.315. The van der Waals surface area contributed by atoms with Crippen LogP contribution in [0.3, 0.4) is 0 Å². The molecule has 0 unspecified atom stereocenters. The minimum Gasteiger partial charge on any atom is -0.270 e. The van der Waals surface area contributed by atoms with Crippen molar-refractivity contribution in [1.29, 1.82) is 0 Å². The maximum absolute atomic E-state index is 10.7. The van der Waals surface area contributed by atoms with Crippen LogP contribution >= 0.6 is 0 Å². The van der Waals surface area contributed by atoms with E-state index in [1.165, 1.54) is 0 Å². The first-order chi connectivity index (χ1) is 6.97. The van der Waals surface area contributed by atoms with Crippen LogP contribution in [0.2, 0.25) is 0 Å². The highest BCUT2D eigenvalue weighted by atomic mass is 32.2. The third-order valence-corrected chi connectivity index (χ3v) is 2.44. The largest absolute Gasteiger partial charge is 0.270 e. The van der Waals surface area contributed by atoms with Gasteiger partial charge in [-0.2, -0.15) is 8.42 Å². The first kappa shape index (κ1) is 12.1. The molecule has 0 aliphatic heterocycles. The van der Waals surface area contributed by atoms with E-state index in [0.29, 0.717) is 6.42 Å². The van der Waals surface area contributed by atoms with E-state index in [2.05, 4.69) is 9.17 Å². The van der Waals surface area contributed by atoms with E-state index in [1.54, 1.807) is 6.20 Å². The third kappa shape index (κ3) is 5.49. The molecule has 0 radical (unpaired) electrons. The first-order valence-electron chi connectivity index (χ1n) is 4.73. The summed E-state index contributed by atoms with van der Waals surface area (Å²) in [5.74, 6) is 0. The second kappa shape index (κ2) is 5.23. The Morgan fingerprint density at radius 2 is 2.20 bits per heavy atom. The van der Waals surface area contributed by atoms with Crippen LogP contribution < -0.4 is 0 Å². The van der Waals surface area contributed by atoms with E-state index in [1.807, 2.05) is 19.1 Å². The van der Waals surface area contributed by atoms with Gasteiger partial charge >= 0.3 is 0 Å². The molecule has 0 fully saturated rings. The normalized spacial score (nSPS) is 11.6. The average Bonchev–Trinajstić information content (AvgIpc) is 2.11. The smallest absolute Gasteiger partial charge is 0.264 e. The lowest BCUT2D eigenvalue weighted by Crippen LogP contribution is -2.05. The Kier molecular flexibility index (Phi) is 4.23. The van der Waals surface area contributed by atoms with Crippen molar-refractivity contribution in [3.8, 4) is 0 Å². The maximum atomic E-state index is 10.7. The molecule has 5 heteroatoms. The molecule has 0 N–H and O–H groups in total. The van der Waals surface area contributed by atoms with Gasteiger partial charge in [0, 0.05) is 11.9 Å². The molecule has 0 atom stereocenters. The lowest BCUT2D eigenvalue weighted by Gasteiger charge is -2.02. The van der Waals surface area contributed by atoms with E-state index in [0.717, 1.165) is 23.9 Å². The summed E-state index contributed by atoms with van der Waals surface area (Å²) in [7, 11) is -3.31. The highest BCUT2D eigenvalue weighted by Crippen LogP contribution is 2.03. The van der Waals surface area contributed by atoms with Crippen molar-refractivity contribution in [2.45, 2.75) is 19.8 Å². The van der Waals surface area contributed by atoms with Crippen LogP contribution in [0.1, 0.15) is 17.7 Å². The van der Waals surface area contributed by atoms with Crippen molar-refractivity contribution in [3.05, 3.63) is 29.6 Å². The number of hydrogen-bond donors (Lipinski definition) is 0. The topological polar surface area (TPSA) is 56.3 Å². The van der Waals surface area contributed by atoms with Gasteiger partial charge in [0.25, 0.3) is 10.1 Å². The van der Waals surface area contributed by atoms with Gasteiger partial charge in [0.2, 0.25) is 0 Å². The molecule has 4 nitrogen and oxygen atoms in total. The van der Waals surface area contributed by atoms with E-state index >= 15 is 0 Å². The summed E-state index contributed by atoms with van der Waals surface area (Å²) in [5, 5.41) is 0. The molecule has 0 saturated carbocycles. The monoisotopic (exact) mass is 229 g/mol. The summed E-state index contributed by atoms with van der Waals surface area (Å²) in [6.07, 6.45) is 4.20. The Morgan fingerprint density at radius 3 is 2.80 bits per heavy atom. The lowest BCUT2D eigenvalue weighted by atomic mass is 10.2. The van der Waals surface area contributed by atoms with Gasteiger partial charge in [-0.15, -0.1) is 0 Å². The van der Waals surface area contributed by atoms with Gasteiger partial charge in [0.1, 0.15) is 0 Å². The van der Waals surface area contributed by atoms with E-state index < -0.39 is 10.1 Å². The molecule has 0 amide bonds. The quantitative estimate of drug-likeness (QED) is 0.564. The number of aromatic nitrogens is 1. The van der Waals surface area contributed by atoms with Gasteiger partial charge in [-0.3, -0.25) is 9.17 Å². The standard InChI is InChI=1S/C10H15NO3S/c1-9-5-6-11-10(8-9)4-3-7-14-15(2,12)13/h5-6,8H,3-4,7H2,1-2H3.